The molecule has 0 fully saturated rings. The molecule has 0 saturated heterocycles. The molecule has 0 aliphatic heterocycles. The molecule has 0 radical (unpaired) electrons. The number of nitrogens with zero attached hydrogens (tertiary/aromatic N) is 2. The van der Waals surface area contributed by atoms with Gasteiger partial charge in [0.05, 0.1) is 16.8 Å². The Morgan fingerprint density at radius 3 is 2.81 bits per heavy atom. The number of halogens is 1. The van der Waals surface area contributed by atoms with Crippen LogP contribution in [0.4, 0.5) is 0 Å². The molecule has 1 N–H and O–H groups in total. The van der Waals surface area contributed by atoms with Crippen LogP contribution in [0.15, 0.2) is 29.1 Å². The minimum absolute atomic E-state index is 0.0749. The zero-order valence-corrected chi connectivity index (χ0v) is 12.9. The Labute approximate surface area is 127 Å². The molecule has 6 heteroatoms. The number of alkyl halides is 1. The molecule has 1 amide bonds. The van der Waals surface area contributed by atoms with Gasteiger partial charge in [0.2, 0.25) is 5.91 Å². The molecule has 5 nitrogen and oxygen atoms in total. The Morgan fingerprint density at radius 2 is 2.14 bits per heavy atom. The average molecular weight is 308 g/mol. The van der Waals surface area contributed by atoms with E-state index in [2.05, 4.69) is 10.3 Å². The van der Waals surface area contributed by atoms with Gasteiger partial charge in [-0.25, -0.2) is 4.98 Å². The average Bonchev–Trinajstić information content (AvgIpc) is 2.51. The molecule has 1 aromatic carbocycles. The number of benzene rings is 1. The molecule has 1 atom stereocenters. The minimum atomic E-state index is -0.644. The van der Waals surface area contributed by atoms with Crippen LogP contribution in [0.1, 0.15) is 32.1 Å². The highest BCUT2D eigenvalue weighted by molar-refractivity contribution is 6.16. The van der Waals surface area contributed by atoms with E-state index in [1.165, 1.54) is 4.57 Å². The van der Waals surface area contributed by atoms with E-state index in [4.69, 9.17) is 11.6 Å². The van der Waals surface area contributed by atoms with Crippen LogP contribution < -0.4 is 10.9 Å². The van der Waals surface area contributed by atoms with Crippen LogP contribution in [0.3, 0.4) is 0 Å². The third-order valence-electron chi connectivity index (χ3n) is 3.32. The Balaban J connectivity index is 2.54. The van der Waals surface area contributed by atoms with E-state index in [0.717, 1.165) is 6.42 Å². The third-order valence-corrected chi connectivity index (χ3v) is 3.56. The Bertz CT molecular complexity index is 712. The van der Waals surface area contributed by atoms with Crippen molar-refractivity contribution in [1.29, 1.82) is 0 Å². The number of nitrogens with one attached hydrogen (secondary N) is 1. The summed E-state index contributed by atoms with van der Waals surface area (Å²) in [6.07, 6.45) is 0.839. The van der Waals surface area contributed by atoms with Crippen LogP contribution in [0.25, 0.3) is 10.9 Å². The van der Waals surface area contributed by atoms with Crippen LogP contribution in [-0.4, -0.2) is 22.0 Å². The fourth-order valence-corrected chi connectivity index (χ4v) is 2.39. The van der Waals surface area contributed by atoms with Crippen molar-refractivity contribution in [3.8, 4) is 0 Å². The maximum atomic E-state index is 12.6. The Hall–Kier alpha value is -1.88. The van der Waals surface area contributed by atoms with Gasteiger partial charge in [0.25, 0.3) is 5.56 Å². The van der Waals surface area contributed by atoms with Crippen molar-refractivity contribution in [3.63, 3.8) is 0 Å². The normalized spacial score (nSPS) is 12.3. The molecule has 1 heterocycles. The number of fused-ring (bicyclic) bond motifs is 1. The molecule has 21 heavy (non-hydrogen) atoms. The third kappa shape index (κ3) is 3.08. The van der Waals surface area contributed by atoms with Gasteiger partial charge in [0.1, 0.15) is 11.9 Å². The lowest BCUT2D eigenvalue weighted by atomic mass is 10.2. The zero-order chi connectivity index (χ0) is 15.4. The first-order valence-corrected chi connectivity index (χ1v) is 7.47. The van der Waals surface area contributed by atoms with Crippen LogP contribution in [0.2, 0.25) is 0 Å². The lowest BCUT2D eigenvalue weighted by Gasteiger charge is -2.18. The SMILES string of the molecule is CCCNC(=O)C(C)n1c(CCl)nc2ccccc2c1=O. The van der Waals surface area contributed by atoms with Gasteiger partial charge in [-0.2, -0.15) is 0 Å². The zero-order valence-electron chi connectivity index (χ0n) is 12.1. The summed E-state index contributed by atoms with van der Waals surface area (Å²) in [5.74, 6) is 0.271. The van der Waals surface area contributed by atoms with Crippen molar-refractivity contribution in [3.05, 3.63) is 40.4 Å². The number of rotatable bonds is 5. The first-order valence-electron chi connectivity index (χ1n) is 6.94. The van der Waals surface area contributed by atoms with Crippen molar-refractivity contribution in [2.24, 2.45) is 0 Å². The van der Waals surface area contributed by atoms with Crippen molar-refractivity contribution in [1.82, 2.24) is 14.9 Å². The maximum absolute atomic E-state index is 12.6. The molecule has 112 valence electrons. The second-order valence-electron chi connectivity index (χ2n) is 4.82. The van der Waals surface area contributed by atoms with Gasteiger partial charge in [-0.3, -0.25) is 14.2 Å². The van der Waals surface area contributed by atoms with Crippen LogP contribution in [-0.2, 0) is 10.7 Å². The lowest BCUT2D eigenvalue weighted by Crippen LogP contribution is -2.38. The van der Waals surface area contributed by atoms with Gasteiger partial charge >= 0.3 is 0 Å². The lowest BCUT2D eigenvalue weighted by molar-refractivity contribution is -0.124. The molecule has 0 aliphatic carbocycles. The summed E-state index contributed by atoms with van der Waals surface area (Å²) in [6, 6.07) is 6.41. The summed E-state index contributed by atoms with van der Waals surface area (Å²) in [4.78, 5) is 29.1. The molecule has 0 bridgehead atoms. The molecule has 1 unspecified atom stereocenters. The van der Waals surface area contributed by atoms with Gasteiger partial charge in [0.15, 0.2) is 0 Å². The number of aromatic nitrogens is 2. The van der Waals surface area contributed by atoms with Gasteiger partial charge in [0, 0.05) is 6.54 Å². The number of carbonyl (C=O) groups is 1. The van der Waals surface area contributed by atoms with E-state index in [1.54, 1.807) is 25.1 Å². The van der Waals surface area contributed by atoms with Crippen molar-refractivity contribution < 1.29 is 4.79 Å². The Morgan fingerprint density at radius 1 is 1.43 bits per heavy atom. The number of hydrogen-bond donors (Lipinski definition) is 1. The minimum Gasteiger partial charge on any atom is -0.354 e. The molecular weight excluding hydrogens is 290 g/mol. The van der Waals surface area contributed by atoms with Gasteiger partial charge in [-0.05, 0) is 25.5 Å². The first-order chi connectivity index (χ1) is 10.1. The van der Waals surface area contributed by atoms with Crippen LogP contribution in [0.5, 0.6) is 0 Å². The highest BCUT2D eigenvalue weighted by Gasteiger charge is 2.20. The summed E-state index contributed by atoms with van der Waals surface area (Å²) < 4.78 is 1.38. The van der Waals surface area contributed by atoms with E-state index in [9.17, 15) is 9.59 Å². The molecule has 1 aromatic heterocycles. The second-order valence-corrected chi connectivity index (χ2v) is 5.09. The van der Waals surface area contributed by atoms with Crippen LogP contribution in [0, 0.1) is 0 Å². The monoisotopic (exact) mass is 307 g/mol. The molecule has 0 spiro atoms. The van der Waals surface area contributed by atoms with E-state index in [1.807, 2.05) is 13.0 Å². The van der Waals surface area contributed by atoms with E-state index < -0.39 is 6.04 Å². The Kier molecular flexibility index (Phi) is 4.96. The standard InChI is InChI=1S/C15H18ClN3O2/c1-3-8-17-14(20)10(2)19-13(9-16)18-12-7-5-4-6-11(12)15(19)21/h4-7,10H,3,8-9H2,1-2H3,(H,17,20). The molecule has 0 aliphatic rings. The van der Waals surface area contributed by atoms with Gasteiger partial charge < -0.3 is 5.32 Å². The van der Waals surface area contributed by atoms with Crippen molar-refractivity contribution in [2.75, 3.05) is 6.54 Å². The number of amides is 1. The summed E-state index contributed by atoms with van der Waals surface area (Å²) >= 11 is 5.90. The summed E-state index contributed by atoms with van der Waals surface area (Å²) in [7, 11) is 0. The summed E-state index contributed by atoms with van der Waals surface area (Å²) in [5, 5.41) is 3.28. The summed E-state index contributed by atoms with van der Waals surface area (Å²) in [6.45, 7) is 4.23. The van der Waals surface area contributed by atoms with Gasteiger partial charge in [-0.1, -0.05) is 19.1 Å². The fraction of sp³-hybridized carbons (Fsp3) is 0.400. The topological polar surface area (TPSA) is 64.0 Å². The van der Waals surface area contributed by atoms with E-state index in [0.29, 0.717) is 23.3 Å². The maximum Gasteiger partial charge on any atom is 0.262 e. The molecule has 0 saturated carbocycles. The largest absolute Gasteiger partial charge is 0.354 e. The summed E-state index contributed by atoms with van der Waals surface area (Å²) in [5.41, 5.74) is 0.353. The first kappa shape index (κ1) is 15.5. The smallest absolute Gasteiger partial charge is 0.262 e. The van der Waals surface area contributed by atoms with E-state index >= 15 is 0 Å². The van der Waals surface area contributed by atoms with Gasteiger partial charge in [-0.15, -0.1) is 11.6 Å². The van der Waals surface area contributed by atoms with Crippen molar-refractivity contribution in [2.45, 2.75) is 32.2 Å². The number of hydrogen-bond acceptors (Lipinski definition) is 3. The van der Waals surface area contributed by atoms with Crippen molar-refractivity contribution >= 4 is 28.4 Å². The second kappa shape index (κ2) is 6.72. The fourth-order valence-electron chi connectivity index (χ4n) is 2.20. The highest BCUT2D eigenvalue weighted by atomic mass is 35.5. The highest BCUT2D eigenvalue weighted by Crippen LogP contribution is 2.13. The predicted octanol–water partition coefficient (Wildman–Crippen LogP) is 2.22. The molecule has 2 rings (SSSR count). The molecule has 2 aromatic rings. The number of carbonyl (C=O) groups excluding carboxylic acids is 1. The number of para-hydroxylation sites is 1. The quantitative estimate of drug-likeness (QED) is 0.862. The van der Waals surface area contributed by atoms with Crippen LogP contribution >= 0.6 is 11.6 Å². The molecular formula is C15H18ClN3O2. The van der Waals surface area contributed by atoms with E-state index in [-0.39, 0.29) is 17.3 Å². The predicted molar refractivity (Wildman–Crippen MR) is 83.6 cm³/mol.